The normalized spacial score (nSPS) is 13.8. The van der Waals surface area contributed by atoms with Crippen LogP contribution in [0.25, 0.3) is 0 Å². The molecule has 1 aromatic carbocycles. The van der Waals surface area contributed by atoms with Crippen LogP contribution in [0.15, 0.2) is 18.2 Å². The number of nitrogens with zero attached hydrogens (tertiary/aromatic N) is 1. The van der Waals surface area contributed by atoms with Crippen molar-refractivity contribution in [1.29, 1.82) is 0 Å². The van der Waals surface area contributed by atoms with Gasteiger partial charge in [0.05, 0.1) is 18.1 Å². The van der Waals surface area contributed by atoms with Gasteiger partial charge in [0.15, 0.2) is 5.75 Å². The molecule has 100 valence electrons. The van der Waals surface area contributed by atoms with Gasteiger partial charge in [-0.1, -0.05) is 6.92 Å². The summed E-state index contributed by atoms with van der Waals surface area (Å²) in [5.41, 5.74) is 5.30. The van der Waals surface area contributed by atoms with E-state index in [0.717, 1.165) is 6.42 Å². The Hall–Kier alpha value is -1.82. The van der Waals surface area contributed by atoms with E-state index in [2.05, 4.69) is 0 Å². The van der Waals surface area contributed by atoms with E-state index in [4.69, 9.17) is 15.2 Å². The van der Waals surface area contributed by atoms with Crippen LogP contribution < -0.4 is 15.2 Å². The van der Waals surface area contributed by atoms with Crippen molar-refractivity contribution in [3.8, 4) is 11.5 Å². The first kappa shape index (κ1) is 14.2. The van der Waals surface area contributed by atoms with Crippen LogP contribution in [0.3, 0.4) is 0 Å². The van der Waals surface area contributed by atoms with E-state index in [0.29, 0.717) is 5.75 Å². The number of nitrogens with two attached hydrogens (primary N) is 1. The van der Waals surface area contributed by atoms with Gasteiger partial charge < -0.3 is 15.2 Å². The minimum atomic E-state index is -0.506. The van der Waals surface area contributed by atoms with Crippen molar-refractivity contribution in [3.63, 3.8) is 0 Å². The van der Waals surface area contributed by atoms with E-state index in [-0.39, 0.29) is 18.0 Å². The van der Waals surface area contributed by atoms with Crippen molar-refractivity contribution in [2.24, 2.45) is 5.73 Å². The highest BCUT2D eigenvalue weighted by molar-refractivity contribution is 5.50. The van der Waals surface area contributed by atoms with Gasteiger partial charge in [0, 0.05) is 5.54 Å². The Balaban J connectivity index is 2.91. The third-order valence-corrected chi connectivity index (χ3v) is 2.73. The minimum absolute atomic E-state index is 0.124. The Morgan fingerprint density at radius 3 is 2.67 bits per heavy atom. The van der Waals surface area contributed by atoms with E-state index in [1.54, 1.807) is 6.07 Å². The molecule has 1 unspecified atom stereocenters. The summed E-state index contributed by atoms with van der Waals surface area (Å²) in [6, 6.07) is 4.46. The molecule has 0 heterocycles. The van der Waals surface area contributed by atoms with Crippen LogP contribution in [-0.2, 0) is 0 Å². The zero-order chi connectivity index (χ0) is 13.8. The molecular weight excluding hydrogens is 236 g/mol. The van der Waals surface area contributed by atoms with Crippen molar-refractivity contribution in [2.75, 3.05) is 13.7 Å². The Morgan fingerprint density at radius 1 is 1.50 bits per heavy atom. The molecule has 2 N–H and O–H groups in total. The molecule has 0 amide bonds. The fourth-order valence-corrected chi connectivity index (χ4v) is 1.23. The fraction of sp³-hybridized carbons (Fsp3) is 0.500. The molecule has 0 saturated heterocycles. The maximum absolute atomic E-state index is 10.9. The van der Waals surface area contributed by atoms with Crippen LogP contribution in [0.1, 0.15) is 20.3 Å². The van der Waals surface area contributed by atoms with E-state index in [9.17, 15) is 10.1 Å². The van der Waals surface area contributed by atoms with Gasteiger partial charge in [-0.15, -0.1) is 0 Å². The van der Waals surface area contributed by atoms with E-state index < -0.39 is 10.5 Å². The van der Waals surface area contributed by atoms with Crippen molar-refractivity contribution in [3.05, 3.63) is 28.3 Å². The van der Waals surface area contributed by atoms with Crippen LogP contribution in [0.2, 0.25) is 0 Å². The second-order valence-electron chi connectivity index (χ2n) is 4.39. The molecule has 0 bridgehead atoms. The minimum Gasteiger partial charge on any atom is -0.496 e. The first-order chi connectivity index (χ1) is 8.39. The molecular formula is C12H18N2O4. The quantitative estimate of drug-likeness (QED) is 0.620. The standard InChI is InChI=1S/C12H18N2O4/c1-4-12(2,13)8-18-11-6-5-9(17-3)7-10(11)14(15)16/h5-7H,4,8,13H2,1-3H3. The molecule has 0 aliphatic heterocycles. The number of hydrogen-bond donors (Lipinski definition) is 1. The van der Waals surface area contributed by atoms with Gasteiger partial charge in [-0.05, 0) is 25.5 Å². The maximum Gasteiger partial charge on any atom is 0.314 e. The molecule has 6 heteroatoms. The summed E-state index contributed by atoms with van der Waals surface area (Å²) in [5.74, 6) is 0.617. The van der Waals surface area contributed by atoms with Crippen LogP contribution >= 0.6 is 0 Å². The summed E-state index contributed by atoms with van der Waals surface area (Å²) in [6.45, 7) is 3.99. The summed E-state index contributed by atoms with van der Waals surface area (Å²) in [4.78, 5) is 10.4. The van der Waals surface area contributed by atoms with Gasteiger partial charge in [0.1, 0.15) is 12.4 Å². The maximum atomic E-state index is 10.9. The Morgan fingerprint density at radius 2 is 2.17 bits per heavy atom. The predicted molar refractivity (Wildman–Crippen MR) is 68.0 cm³/mol. The van der Waals surface area contributed by atoms with Crippen LogP contribution in [0.4, 0.5) is 5.69 Å². The third kappa shape index (κ3) is 3.59. The lowest BCUT2D eigenvalue weighted by Gasteiger charge is -2.22. The average molecular weight is 254 g/mol. The lowest BCUT2D eigenvalue weighted by Crippen LogP contribution is -2.41. The molecule has 0 aliphatic rings. The Labute approximate surface area is 106 Å². The molecule has 0 aliphatic carbocycles. The predicted octanol–water partition coefficient (Wildman–Crippen LogP) is 2.11. The number of nitro groups is 1. The molecule has 0 fully saturated rings. The van der Waals surface area contributed by atoms with E-state index in [1.807, 2.05) is 13.8 Å². The highest BCUT2D eigenvalue weighted by atomic mass is 16.6. The van der Waals surface area contributed by atoms with Gasteiger partial charge in [0.2, 0.25) is 0 Å². The molecule has 6 nitrogen and oxygen atoms in total. The molecule has 0 spiro atoms. The molecule has 0 radical (unpaired) electrons. The highest BCUT2D eigenvalue weighted by Crippen LogP contribution is 2.31. The van der Waals surface area contributed by atoms with Gasteiger partial charge in [-0.2, -0.15) is 0 Å². The van der Waals surface area contributed by atoms with E-state index >= 15 is 0 Å². The first-order valence-electron chi connectivity index (χ1n) is 5.63. The topological polar surface area (TPSA) is 87.6 Å². The van der Waals surface area contributed by atoms with Crippen molar-refractivity contribution in [1.82, 2.24) is 0 Å². The third-order valence-electron chi connectivity index (χ3n) is 2.73. The SMILES string of the molecule is CCC(C)(N)COc1ccc(OC)cc1[N+](=O)[O-]. The number of methoxy groups -OCH3 is 1. The van der Waals surface area contributed by atoms with Crippen molar-refractivity contribution in [2.45, 2.75) is 25.8 Å². The van der Waals surface area contributed by atoms with Gasteiger partial charge >= 0.3 is 5.69 Å². The fourth-order valence-electron chi connectivity index (χ4n) is 1.23. The largest absolute Gasteiger partial charge is 0.496 e. The summed E-state index contributed by atoms with van der Waals surface area (Å²) in [6.07, 6.45) is 0.719. The van der Waals surface area contributed by atoms with Gasteiger partial charge in [-0.25, -0.2) is 0 Å². The smallest absolute Gasteiger partial charge is 0.314 e. The highest BCUT2D eigenvalue weighted by Gasteiger charge is 2.21. The number of nitro benzene ring substituents is 1. The average Bonchev–Trinajstić information content (AvgIpc) is 2.36. The molecule has 0 saturated carbocycles. The number of benzene rings is 1. The number of rotatable bonds is 6. The van der Waals surface area contributed by atoms with Gasteiger partial charge in [-0.3, -0.25) is 10.1 Å². The second-order valence-corrected chi connectivity index (χ2v) is 4.39. The summed E-state index contributed by atoms with van der Waals surface area (Å²) < 4.78 is 10.4. The van der Waals surface area contributed by atoms with Crippen molar-refractivity contribution < 1.29 is 14.4 Å². The Bertz CT molecular complexity index is 432. The zero-order valence-corrected chi connectivity index (χ0v) is 10.8. The van der Waals surface area contributed by atoms with Crippen LogP contribution in [-0.4, -0.2) is 24.2 Å². The lowest BCUT2D eigenvalue weighted by atomic mass is 10.0. The second kappa shape index (κ2) is 5.68. The first-order valence-corrected chi connectivity index (χ1v) is 5.63. The van der Waals surface area contributed by atoms with Crippen molar-refractivity contribution >= 4 is 5.69 Å². The van der Waals surface area contributed by atoms with Crippen LogP contribution in [0.5, 0.6) is 11.5 Å². The molecule has 1 rings (SSSR count). The molecule has 1 aromatic rings. The summed E-state index contributed by atoms with van der Waals surface area (Å²) >= 11 is 0. The summed E-state index contributed by atoms with van der Waals surface area (Å²) in [5, 5.41) is 10.9. The zero-order valence-electron chi connectivity index (χ0n) is 10.8. The summed E-state index contributed by atoms with van der Waals surface area (Å²) in [7, 11) is 1.45. The molecule has 0 aromatic heterocycles. The van der Waals surface area contributed by atoms with Gasteiger partial charge in [0.25, 0.3) is 0 Å². The lowest BCUT2D eigenvalue weighted by molar-refractivity contribution is -0.386. The molecule has 1 atom stereocenters. The molecule has 18 heavy (non-hydrogen) atoms. The number of hydrogen-bond acceptors (Lipinski definition) is 5. The van der Waals surface area contributed by atoms with Crippen LogP contribution in [0, 0.1) is 10.1 Å². The monoisotopic (exact) mass is 254 g/mol. The van der Waals surface area contributed by atoms with E-state index in [1.165, 1.54) is 19.2 Å². The number of ether oxygens (including phenoxy) is 2. The Kier molecular flexibility index (Phi) is 4.49.